The molecule has 0 saturated heterocycles. The Morgan fingerprint density at radius 2 is 1.64 bits per heavy atom. The van der Waals surface area contributed by atoms with Crippen LogP contribution < -0.4 is 11.1 Å². The summed E-state index contributed by atoms with van der Waals surface area (Å²) in [5.74, 6) is -0.00730. The molecule has 0 aliphatic rings. The maximum Gasteiger partial charge on any atom is 0.251 e. The monoisotopic (exact) mass is 318 g/mol. The second kappa shape index (κ2) is 9.98. The van der Waals surface area contributed by atoms with Gasteiger partial charge in [0.1, 0.15) is 0 Å². The minimum atomic E-state index is -0.00730. The Bertz CT molecular complexity index is 572. The average molecular weight is 319 g/mol. The molecule has 0 aliphatic heterocycles. The molecule has 0 saturated carbocycles. The Morgan fingerprint density at radius 1 is 0.955 bits per heavy atom. The zero-order valence-electron chi connectivity index (χ0n) is 12.6. The molecule has 0 radical (unpaired) electrons. The van der Waals surface area contributed by atoms with Gasteiger partial charge in [-0.2, -0.15) is 0 Å². The first kappa shape index (κ1) is 18.2. The molecule has 0 fully saturated rings. The number of aryl methyl sites for hydroxylation is 2. The molecule has 2 rings (SSSR count). The van der Waals surface area contributed by atoms with Gasteiger partial charge in [0.2, 0.25) is 0 Å². The summed E-state index contributed by atoms with van der Waals surface area (Å²) >= 11 is 0. The molecule has 0 unspecified atom stereocenters. The third kappa shape index (κ3) is 5.51. The Morgan fingerprint density at radius 3 is 2.36 bits per heavy atom. The van der Waals surface area contributed by atoms with E-state index in [1.54, 1.807) is 0 Å². The normalized spacial score (nSPS) is 9.86. The lowest BCUT2D eigenvalue weighted by atomic mass is 9.99. The van der Waals surface area contributed by atoms with Crippen molar-refractivity contribution in [2.24, 2.45) is 5.73 Å². The highest BCUT2D eigenvalue weighted by Gasteiger charge is 2.10. The highest BCUT2D eigenvalue weighted by Crippen LogP contribution is 2.12. The van der Waals surface area contributed by atoms with Crippen LogP contribution in [0.3, 0.4) is 0 Å². The lowest BCUT2D eigenvalue weighted by Crippen LogP contribution is -2.26. The predicted octanol–water partition coefficient (Wildman–Crippen LogP) is 2.97. The van der Waals surface area contributed by atoms with Crippen LogP contribution in [0.1, 0.15) is 27.9 Å². The number of benzene rings is 2. The smallest absolute Gasteiger partial charge is 0.251 e. The van der Waals surface area contributed by atoms with Crippen molar-refractivity contribution >= 4 is 18.3 Å². The van der Waals surface area contributed by atoms with Gasteiger partial charge in [-0.3, -0.25) is 4.79 Å². The summed E-state index contributed by atoms with van der Waals surface area (Å²) in [6.45, 7) is 1.22. The SMILES string of the molecule is Cl.NCCCNC(=O)c1ccccc1CCc1ccccc1. The van der Waals surface area contributed by atoms with Crippen LogP contribution >= 0.6 is 12.4 Å². The Labute approximate surface area is 138 Å². The quantitative estimate of drug-likeness (QED) is 0.771. The lowest BCUT2D eigenvalue weighted by Gasteiger charge is -2.10. The molecule has 3 N–H and O–H groups in total. The molecule has 1 amide bonds. The van der Waals surface area contributed by atoms with Crippen molar-refractivity contribution in [3.8, 4) is 0 Å². The van der Waals surface area contributed by atoms with Crippen molar-refractivity contribution in [1.29, 1.82) is 0 Å². The Balaban J connectivity index is 0.00000242. The number of rotatable bonds is 7. The number of nitrogens with two attached hydrogens (primary N) is 1. The third-order valence-corrected chi connectivity index (χ3v) is 3.45. The summed E-state index contributed by atoms with van der Waals surface area (Å²) in [6.07, 6.45) is 2.61. The van der Waals surface area contributed by atoms with Gasteiger partial charge in [0, 0.05) is 12.1 Å². The largest absolute Gasteiger partial charge is 0.352 e. The molecular weight excluding hydrogens is 296 g/mol. The van der Waals surface area contributed by atoms with Gasteiger partial charge in [-0.25, -0.2) is 0 Å². The first-order valence-electron chi connectivity index (χ1n) is 7.41. The van der Waals surface area contributed by atoms with Gasteiger partial charge in [0.25, 0.3) is 5.91 Å². The van der Waals surface area contributed by atoms with E-state index in [-0.39, 0.29) is 18.3 Å². The molecule has 4 heteroatoms. The summed E-state index contributed by atoms with van der Waals surface area (Å²) in [4.78, 5) is 12.2. The molecular formula is C18H23ClN2O. The molecule has 0 atom stereocenters. The fourth-order valence-electron chi connectivity index (χ4n) is 2.28. The van der Waals surface area contributed by atoms with Crippen LogP contribution in [0.15, 0.2) is 54.6 Å². The topological polar surface area (TPSA) is 55.1 Å². The van der Waals surface area contributed by atoms with Crippen molar-refractivity contribution in [3.05, 3.63) is 71.3 Å². The van der Waals surface area contributed by atoms with Gasteiger partial charge < -0.3 is 11.1 Å². The summed E-state index contributed by atoms with van der Waals surface area (Å²) < 4.78 is 0. The second-order valence-corrected chi connectivity index (χ2v) is 5.04. The van der Waals surface area contributed by atoms with Gasteiger partial charge >= 0.3 is 0 Å². The number of hydrogen-bond donors (Lipinski definition) is 2. The van der Waals surface area contributed by atoms with Crippen LogP contribution in [0, 0.1) is 0 Å². The van der Waals surface area contributed by atoms with E-state index in [4.69, 9.17) is 5.73 Å². The van der Waals surface area contributed by atoms with Crippen molar-refractivity contribution in [1.82, 2.24) is 5.32 Å². The lowest BCUT2D eigenvalue weighted by molar-refractivity contribution is 0.0952. The molecule has 3 nitrogen and oxygen atoms in total. The Kier molecular flexibility index (Phi) is 8.26. The molecule has 0 heterocycles. The number of amides is 1. The summed E-state index contributed by atoms with van der Waals surface area (Å²) in [5.41, 5.74) is 8.59. The van der Waals surface area contributed by atoms with Crippen molar-refractivity contribution in [2.75, 3.05) is 13.1 Å². The van der Waals surface area contributed by atoms with Gasteiger partial charge in [-0.05, 0) is 43.0 Å². The van der Waals surface area contributed by atoms with Crippen molar-refractivity contribution in [2.45, 2.75) is 19.3 Å². The number of halogens is 1. The number of hydrogen-bond acceptors (Lipinski definition) is 2. The standard InChI is InChI=1S/C18H22N2O.ClH/c19-13-6-14-20-18(21)17-10-5-4-9-16(17)12-11-15-7-2-1-3-8-15;/h1-5,7-10H,6,11-14,19H2,(H,20,21);1H. The van der Waals surface area contributed by atoms with E-state index in [1.165, 1.54) is 5.56 Å². The van der Waals surface area contributed by atoms with Crippen LogP contribution in [-0.2, 0) is 12.8 Å². The fraction of sp³-hybridized carbons (Fsp3) is 0.278. The minimum absolute atomic E-state index is 0. The minimum Gasteiger partial charge on any atom is -0.352 e. The zero-order valence-corrected chi connectivity index (χ0v) is 13.4. The number of carbonyl (C=O) groups is 1. The third-order valence-electron chi connectivity index (χ3n) is 3.45. The summed E-state index contributed by atoms with van der Waals surface area (Å²) in [6, 6.07) is 18.1. The van der Waals surface area contributed by atoms with Crippen LogP contribution in [0.25, 0.3) is 0 Å². The maximum absolute atomic E-state index is 12.2. The molecule has 118 valence electrons. The van der Waals surface area contributed by atoms with Crippen molar-refractivity contribution in [3.63, 3.8) is 0 Å². The molecule has 0 spiro atoms. The van der Waals surface area contributed by atoms with Gasteiger partial charge in [0.05, 0.1) is 0 Å². The maximum atomic E-state index is 12.2. The summed E-state index contributed by atoms with van der Waals surface area (Å²) in [5, 5.41) is 2.92. The van der Waals surface area contributed by atoms with E-state index >= 15 is 0 Å². The average Bonchev–Trinajstić information content (AvgIpc) is 2.54. The number of carbonyl (C=O) groups excluding carboxylic acids is 1. The van der Waals surface area contributed by atoms with Gasteiger partial charge in [-0.1, -0.05) is 48.5 Å². The number of nitrogens with one attached hydrogen (secondary N) is 1. The molecule has 22 heavy (non-hydrogen) atoms. The molecule has 0 aromatic heterocycles. The highest BCUT2D eigenvalue weighted by molar-refractivity contribution is 5.95. The van der Waals surface area contributed by atoms with Crippen LogP contribution in [0.4, 0.5) is 0 Å². The fourth-order valence-corrected chi connectivity index (χ4v) is 2.28. The van der Waals surface area contributed by atoms with E-state index in [2.05, 4.69) is 17.4 Å². The van der Waals surface area contributed by atoms with E-state index in [0.29, 0.717) is 13.1 Å². The van der Waals surface area contributed by atoms with E-state index < -0.39 is 0 Å². The molecule has 2 aromatic rings. The first-order valence-corrected chi connectivity index (χ1v) is 7.41. The molecule has 0 bridgehead atoms. The van der Waals surface area contributed by atoms with E-state index in [9.17, 15) is 4.79 Å². The van der Waals surface area contributed by atoms with Gasteiger partial charge in [0.15, 0.2) is 0 Å². The van der Waals surface area contributed by atoms with E-state index in [0.717, 1.165) is 30.4 Å². The summed E-state index contributed by atoms with van der Waals surface area (Å²) in [7, 11) is 0. The first-order chi connectivity index (χ1) is 10.3. The Hall–Kier alpha value is -1.84. The molecule has 0 aliphatic carbocycles. The van der Waals surface area contributed by atoms with Gasteiger partial charge in [-0.15, -0.1) is 12.4 Å². The second-order valence-electron chi connectivity index (χ2n) is 5.04. The van der Waals surface area contributed by atoms with Crippen molar-refractivity contribution < 1.29 is 4.79 Å². The van der Waals surface area contributed by atoms with Crippen LogP contribution in [0.5, 0.6) is 0 Å². The zero-order chi connectivity index (χ0) is 14.9. The molecule has 2 aromatic carbocycles. The van der Waals surface area contributed by atoms with Crippen LogP contribution in [-0.4, -0.2) is 19.0 Å². The van der Waals surface area contributed by atoms with Crippen LogP contribution in [0.2, 0.25) is 0 Å². The van der Waals surface area contributed by atoms with E-state index in [1.807, 2.05) is 42.5 Å². The predicted molar refractivity (Wildman–Crippen MR) is 93.5 cm³/mol. The highest BCUT2D eigenvalue weighted by atomic mass is 35.5.